The van der Waals surface area contributed by atoms with Crippen molar-refractivity contribution in [2.24, 2.45) is 7.05 Å². The van der Waals surface area contributed by atoms with E-state index in [0.717, 1.165) is 11.5 Å². The van der Waals surface area contributed by atoms with Crippen LogP contribution in [0.3, 0.4) is 0 Å². The summed E-state index contributed by atoms with van der Waals surface area (Å²) in [5.74, 6) is 1.42. The van der Waals surface area contributed by atoms with Crippen LogP contribution in [0.15, 0.2) is 18.3 Å². The SMILES string of the molecule is Cn1cccc2nc(CC#N)nc1-2. The zero-order valence-electron chi connectivity index (χ0n) is 7.23. The van der Waals surface area contributed by atoms with Gasteiger partial charge in [0.05, 0.1) is 12.5 Å². The van der Waals surface area contributed by atoms with Crippen LogP contribution >= 0.6 is 0 Å². The van der Waals surface area contributed by atoms with Crippen molar-refractivity contribution < 1.29 is 0 Å². The second kappa shape index (κ2) is 2.87. The van der Waals surface area contributed by atoms with E-state index in [-0.39, 0.29) is 6.42 Å². The molecule has 0 fully saturated rings. The quantitative estimate of drug-likeness (QED) is 0.644. The number of nitrogens with zero attached hydrogens (tertiary/aromatic N) is 4. The lowest BCUT2D eigenvalue weighted by Crippen LogP contribution is -1.95. The van der Waals surface area contributed by atoms with E-state index in [1.54, 1.807) is 0 Å². The average Bonchev–Trinajstić information content (AvgIpc) is 2.49. The topological polar surface area (TPSA) is 54.5 Å². The van der Waals surface area contributed by atoms with E-state index >= 15 is 0 Å². The molecule has 4 nitrogen and oxygen atoms in total. The van der Waals surface area contributed by atoms with Crippen molar-refractivity contribution in [3.8, 4) is 17.6 Å². The van der Waals surface area contributed by atoms with Gasteiger partial charge < -0.3 is 4.57 Å². The summed E-state index contributed by atoms with van der Waals surface area (Å²) in [5.41, 5.74) is 0.843. The molecule has 0 aromatic rings. The molecule has 2 aliphatic rings. The Morgan fingerprint density at radius 2 is 2.38 bits per heavy atom. The third-order valence-electron chi connectivity index (χ3n) is 1.85. The first-order chi connectivity index (χ1) is 6.31. The van der Waals surface area contributed by atoms with Crippen LogP contribution in [0.2, 0.25) is 0 Å². The van der Waals surface area contributed by atoms with Crippen LogP contribution in [0.25, 0.3) is 11.5 Å². The zero-order chi connectivity index (χ0) is 9.26. The number of pyridine rings is 1. The Kier molecular flexibility index (Phi) is 1.71. The summed E-state index contributed by atoms with van der Waals surface area (Å²) in [6, 6.07) is 5.83. The molecule has 0 bridgehead atoms. The molecule has 0 radical (unpaired) electrons. The summed E-state index contributed by atoms with van der Waals surface area (Å²) in [5, 5.41) is 8.48. The number of rotatable bonds is 1. The van der Waals surface area contributed by atoms with Gasteiger partial charge in [-0.25, -0.2) is 9.97 Å². The van der Waals surface area contributed by atoms with E-state index in [1.165, 1.54) is 0 Å². The average molecular weight is 172 g/mol. The molecule has 13 heavy (non-hydrogen) atoms. The second-order valence-electron chi connectivity index (χ2n) is 2.80. The van der Waals surface area contributed by atoms with E-state index in [0.29, 0.717) is 5.82 Å². The number of imidazole rings is 1. The summed E-state index contributed by atoms with van der Waals surface area (Å²) < 4.78 is 1.89. The molecule has 0 aliphatic carbocycles. The largest absolute Gasteiger partial charge is 0.334 e. The fraction of sp³-hybridized carbons (Fsp3) is 0.222. The van der Waals surface area contributed by atoms with Crippen LogP contribution in [0.5, 0.6) is 0 Å². The van der Waals surface area contributed by atoms with Crippen LogP contribution in [0, 0.1) is 11.3 Å². The summed E-state index contributed by atoms with van der Waals surface area (Å²) in [6.45, 7) is 0. The van der Waals surface area contributed by atoms with Crippen molar-refractivity contribution in [3.63, 3.8) is 0 Å². The lowest BCUT2D eigenvalue weighted by Gasteiger charge is -2.01. The first-order valence-corrected chi connectivity index (χ1v) is 3.96. The molecule has 2 heterocycles. The number of hydrogen-bond donors (Lipinski definition) is 0. The number of nitriles is 1. The molecule has 2 rings (SSSR count). The van der Waals surface area contributed by atoms with Gasteiger partial charge in [0.15, 0.2) is 5.82 Å². The van der Waals surface area contributed by atoms with E-state index in [1.807, 2.05) is 36.0 Å². The van der Waals surface area contributed by atoms with Crippen molar-refractivity contribution >= 4 is 0 Å². The van der Waals surface area contributed by atoms with Crippen molar-refractivity contribution in [1.82, 2.24) is 14.5 Å². The molecule has 0 unspecified atom stereocenters. The Morgan fingerprint density at radius 3 is 3.08 bits per heavy atom. The number of aryl methyl sites for hydroxylation is 1. The van der Waals surface area contributed by atoms with Gasteiger partial charge >= 0.3 is 0 Å². The fourth-order valence-corrected chi connectivity index (χ4v) is 1.25. The molecule has 64 valence electrons. The lowest BCUT2D eigenvalue weighted by atomic mass is 10.3. The van der Waals surface area contributed by atoms with Gasteiger partial charge in [-0.1, -0.05) is 0 Å². The van der Waals surface area contributed by atoms with Gasteiger partial charge in [0.25, 0.3) is 0 Å². The van der Waals surface area contributed by atoms with Gasteiger partial charge in [0.2, 0.25) is 0 Å². The molecule has 0 N–H and O–H groups in total. The highest BCUT2D eigenvalue weighted by Crippen LogP contribution is 2.16. The van der Waals surface area contributed by atoms with Crippen LogP contribution in [-0.2, 0) is 13.5 Å². The number of aromatic nitrogens is 3. The smallest absolute Gasteiger partial charge is 0.160 e. The molecule has 0 spiro atoms. The van der Waals surface area contributed by atoms with Crippen LogP contribution < -0.4 is 0 Å². The molecule has 0 aromatic carbocycles. The van der Waals surface area contributed by atoms with Gasteiger partial charge in [0.1, 0.15) is 11.5 Å². The van der Waals surface area contributed by atoms with E-state index in [2.05, 4.69) is 9.97 Å². The predicted molar refractivity (Wildman–Crippen MR) is 46.9 cm³/mol. The molecule has 4 heteroatoms. The molecule has 0 saturated carbocycles. The maximum Gasteiger partial charge on any atom is 0.160 e. The molecule has 2 aliphatic heterocycles. The summed E-state index contributed by atoms with van der Waals surface area (Å²) in [7, 11) is 1.91. The first kappa shape index (κ1) is 7.74. The van der Waals surface area contributed by atoms with Gasteiger partial charge in [-0.05, 0) is 12.1 Å². The summed E-state index contributed by atoms with van der Waals surface area (Å²) in [4.78, 5) is 8.44. The van der Waals surface area contributed by atoms with Crippen LogP contribution in [-0.4, -0.2) is 14.5 Å². The van der Waals surface area contributed by atoms with Gasteiger partial charge in [0, 0.05) is 13.2 Å². The molecule has 0 saturated heterocycles. The first-order valence-electron chi connectivity index (χ1n) is 3.96. The summed E-state index contributed by atoms with van der Waals surface area (Å²) in [6.07, 6.45) is 2.18. The Balaban J connectivity index is 2.57. The van der Waals surface area contributed by atoms with Crippen molar-refractivity contribution in [2.45, 2.75) is 6.42 Å². The number of hydrogen-bond acceptors (Lipinski definition) is 3. The van der Waals surface area contributed by atoms with Crippen LogP contribution in [0.1, 0.15) is 5.82 Å². The Morgan fingerprint density at radius 1 is 1.54 bits per heavy atom. The fourth-order valence-electron chi connectivity index (χ4n) is 1.25. The van der Waals surface area contributed by atoms with E-state index in [9.17, 15) is 0 Å². The van der Waals surface area contributed by atoms with Crippen molar-refractivity contribution in [2.75, 3.05) is 0 Å². The Bertz CT molecular complexity index is 438. The van der Waals surface area contributed by atoms with Crippen molar-refractivity contribution in [1.29, 1.82) is 5.26 Å². The normalized spacial score (nSPS) is 10.2. The maximum absolute atomic E-state index is 8.48. The van der Waals surface area contributed by atoms with Gasteiger partial charge in [-0.15, -0.1) is 0 Å². The third-order valence-corrected chi connectivity index (χ3v) is 1.85. The second-order valence-corrected chi connectivity index (χ2v) is 2.80. The number of fused-ring (bicyclic) bond motifs is 1. The zero-order valence-corrected chi connectivity index (χ0v) is 7.23. The molecular weight excluding hydrogens is 164 g/mol. The third kappa shape index (κ3) is 1.25. The van der Waals surface area contributed by atoms with E-state index in [4.69, 9.17) is 5.26 Å². The predicted octanol–water partition coefficient (Wildman–Crippen LogP) is 0.986. The van der Waals surface area contributed by atoms with Gasteiger partial charge in [-0.2, -0.15) is 5.26 Å². The lowest BCUT2D eigenvalue weighted by molar-refractivity contribution is 0.885. The minimum Gasteiger partial charge on any atom is -0.334 e. The Hall–Kier alpha value is -1.89. The highest BCUT2D eigenvalue weighted by molar-refractivity contribution is 5.51. The van der Waals surface area contributed by atoms with Crippen LogP contribution in [0.4, 0.5) is 0 Å². The standard InChI is InChI=1S/C9H8N4/c1-13-6-2-3-7-9(13)12-8(11-7)4-5-10/h2-3,6H,4H2,1H3. The summed E-state index contributed by atoms with van der Waals surface area (Å²) >= 11 is 0. The minimum absolute atomic E-state index is 0.272. The maximum atomic E-state index is 8.48. The van der Waals surface area contributed by atoms with Crippen molar-refractivity contribution in [3.05, 3.63) is 24.2 Å². The molecular formula is C9H8N4. The van der Waals surface area contributed by atoms with Gasteiger partial charge in [-0.3, -0.25) is 0 Å². The monoisotopic (exact) mass is 172 g/mol. The Labute approximate surface area is 75.8 Å². The molecule has 0 amide bonds. The minimum atomic E-state index is 0.272. The molecule has 0 aromatic heterocycles. The van der Waals surface area contributed by atoms with E-state index < -0.39 is 0 Å². The molecule has 0 atom stereocenters. The highest BCUT2D eigenvalue weighted by atomic mass is 15.1. The highest BCUT2D eigenvalue weighted by Gasteiger charge is 2.10.